The van der Waals surface area contributed by atoms with Crippen molar-refractivity contribution >= 4 is 26.8 Å². The first kappa shape index (κ1) is 28.7. The molecule has 1 aliphatic heterocycles. The number of sulfonamides is 1. The number of para-hydroxylation sites is 1. The Morgan fingerprint density at radius 3 is 2.54 bits per heavy atom. The van der Waals surface area contributed by atoms with E-state index in [0.717, 1.165) is 12.3 Å². The molecular weight excluding hydrogens is 559 g/mol. The maximum absolute atomic E-state index is 13.4. The predicted molar refractivity (Wildman–Crippen MR) is 146 cm³/mol. The van der Waals surface area contributed by atoms with Gasteiger partial charge in [0.25, 0.3) is 15.6 Å². The molecule has 1 aliphatic rings. The van der Waals surface area contributed by atoms with Gasteiger partial charge >= 0.3 is 6.18 Å². The fraction of sp³-hybridized carbons (Fsp3) is 0.345. The fourth-order valence-electron chi connectivity index (χ4n) is 5.09. The number of benzene rings is 1. The lowest BCUT2D eigenvalue weighted by molar-refractivity contribution is -0.141. The van der Waals surface area contributed by atoms with Gasteiger partial charge in [0.1, 0.15) is 11.3 Å². The van der Waals surface area contributed by atoms with Gasteiger partial charge in [-0.25, -0.2) is 8.42 Å². The van der Waals surface area contributed by atoms with E-state index >= 15 is 0 Å². The lowest BCUT2D eigenvalue weighted by atomic mass is 10.0. The summed E-state index contributed by atoms with van der Waals surface area (Å²) < 4.78 is 73.9. The van der Waals surface area contributed by atoms with Gasteiger partial charge in [0.15, 0.2) is 5.78 Å². The van der Waals surface area contributed by atoms with E-state index in [0.29, 0.717) is 40.5 Å². The first-order chi connectivity index (χ1) is 19.4. The molecular formula is C29H28F3N3O5S. The van der Waals surface area contributed by atoms with Crippen molar-refractivity contribution in [3.05, 3.63) is 82.5 Å². The molecule has 3 aromatic heterocycles. The third-order valence-corrected chi connectivity index (χ3v) is 9.01. The van der Waals surface area contributed by atoms with Crippen molar-refractivity contribution in [3.63, 3.8) is 0 Å². The maximum Gasteiger partial charge on any atom is 0.433 e. The van der Waals surface area contributed by atoms with E-state index in [2.05, 4.69) is 4.98 Å². The third kappa shape index (κ3) is 5.71. The SMILES string of the molecule is CC(C)n1cc(-c2ccc(C(F)(F)F)nc2)cc(CCC(=O)[C@@H]2CCCN2S(=O)(=O)c2cc3ccccc3o2)c1=O. The van der Waals surface area contributed by atoms with Crippen LogP contribution in [0.3, 0.4) is 0 Å². The molecule has 1 saturated heterocycles. The van der Waals surface area contributed by atoms with Crippen LogP contribution in [0.1, 0.15) is 50.4 Å². The summed E-state index contributed by atoms with van der Waals surface area (Å²) in [6.45, 7) is 3.77. The van der Waals surface area contributed by atoms with Crippen molar-refractivity contribution in [2.45, 2.75) is 62.9 Å². The number of nitrogens with zero attached hydrogens (tertiary/aromatic N) is 3. The predicted octanol–water partition coefficient (Wildman–Crippen LogP) is 5.61. The number of carbonyl (C=O) groups excluding carboxylic acids is 1. The van der Waals surface area contributed by atoms with E-state index in [1.807, 2.05) is 0 Å². The van der Waals surface area contributed by atoms with E-state index in [9.17, 15) is 31.2 Å². The van der Waals surface area contributed by atoms with E-state index in [-0.39, 0.29) is 41.9 Å². The molecule has 5 rings (SSSR count). The zero-order valence-electron chi connectivity index (χ0n) is 22.4. The number of furan rings is 1. The van der Waals surface area contributed by atoms with Gasteiger partial charge in [0.2, 0.25) is 5.09 Å². The molecule has 4 aromatic rings. The zero-order valence-corrected chi connectivity index (χ0v) is 23.2. The number of rotatable bonds is 8. The molecule has 0 bridgehead atoms. The van der Waals surface area contributed by atoms with E-state index < -0.39 is 27.9 Å². The molecule has 0 unspecified atom stereocenters. The number of ketones is 1. The van der Waals surface area contributed by atoms with Crippen LogP contribution < -0.4 is 5.56 Å². The molecule has 0 aliphatic carbocycles. The highest BCUT2D eigenvalue weighted by Gasteiger charge is 2.40. The third-order valence-electron chi connectivity index (χ3n) is 7.24. The summed E-state index contributed by atoms with van der Waals surface area (Å²) in [6.07, 6.45) is -1.10. The molecule has 0 amide bonds. The van der Waals surface area contributed by atoms with Crippen molar-refractivity contribution in [2.24, 2.45) is 0 Å². The summed E-state index contributed by atoms with van der Waals surface area (Å²) in [5.41, 5.74) is 0.250. The Morgan fingerprint density at radius 1 is 1.12 bits per heavy atom. The van der Waals surface area contributed by atoms with Gasteiger partial charge < -0.3 is 8.98 Å². The zero-order chi connectivity index (χ0) is 29.5. The Labute approximate surface area is 234 Å². The Balaban J connectivity index is 1.38. The van der Waals surface area contributed by atoms with Crippen LogP contribution in [0.5, 0.6) is 0 Å². The van der Waals surface area contributed by atoms with Crippen LogP contribution >= 0.6 is 0 Å². The van der Waals surface area contributed by atoms with Crippen LogP contribution in [0, 0.1) is 0 Å². The summed E-state index contributed by atoms with van der Waals surface area (Å²) in [5.74, 6) is -0.320. The molecule has 4 heterocycles. The Hall–Kier alpha value is -3.77. The van der Waals surface area contributed by atoms with E-state index in [4.69, 9.17) is 4.42 Å². The largest absolute Gasteiger partial charge is 0.443 e. The molecule has 1 fully saturated rings. The van der Waals surface area contributed by atoms with Gasteiger partial charge in [0, 0.05) is 59.5 Å². The minimum Gasteiger partial charge on any atom is -0.443 e. The van der Waals surface area contributed by atoms with Crippen LogP contribution in [-0.4, -0.2) is 40.6 Å². The molecule has 41 heavy (non-hydrogen) atoms. The first-order valence-corrected chi connectivity index (χ1v) is 14.6. The summed E-state index contributed by atoms with van der Waals surface area (Å²) >= 11 is 0. The fourth-order valence-corrected chi connectivity index (χ4v) is 6.72. The van der Waals surface area contributed by atoms with Crippen LogP contribution in [0.4, 0.5) is 13.2 Å². The number of hydrogen-bond acceptors (Lipinski definition) is 6. The lowest BCUT2D eigenvalue weighted by Gasteiger charge is -2.22. The van der Waals surface area contributed by atoms with Crippen LogP contribution in [0.2, 0.25) is 0 Å². The van der Waals surface area contributed by atoms with Crippen molar-refractivity contribution < 1.29 is 30.8 Å². The molecule has 8 nitrogen and oxygen atoms in total. The quantitative estimate of drug-likeness (QED) is 0.266. The Bertz CT molecular complexity index is 1730. The van der Waals surface area contributed by atoms with Gasteiger partial charge in [-0.15, -0.1) is 0 Å². The highest BCUT2D eigenvalue weighted by Crippen LogP contribution is 2.32. The van der Waals surface area contributed by atoms with Crippen LogP contribution in [-0.2, 0) is 27.4 Å². The maximum atomic E-state index is 13.4. The van der Waals surface area contributed by atoms with Crippen molar-refractivity contribution in [3.8, 4) is 11.1 Å². The number of fused-ring (bicyclic) bond motifs is 1. The van der Waals surface area contributed by atoms with Crippen molar-refractivity contribution in [1.29, 1.82) is 0 Å². The van der Waals surface area contributed by atoms with E-state index in [1.54, 1.807) is 50.4 Å². The second-order valence-electron chi connectivity index (χ2n) is 10.3. The Kier molecular flexibility index (Phi) is 7.64. The summed E-state index contributed by atoms with van der Waals surface area (Å²) in [4.78, 5) is 30.0. The molecule has 1 atom stereocenters. The smallest absolute Gasteiger partial charge is 0.433 e. The molecule has 0 spiro atoms. The summed E-state index contributed by atoms with van der Waals surface area (Å²) in [6, 6.07) is 10.9. The first-order valence-electron chi connectivity index (χ1n) is 13.2. The average Bonchev–Trinajstić information content (AvgIpc) is 3.60. The highest BCUT2D eigenvalue weighted by atomic mass is 32.2. The second-order valence-corrected chi connectivity index (χ2v) is 12.2. The number of pyridine rings is 2. The number of carbonyl (C=O) groups is 1. The molecule has 0 saturated carbocycles. The average molecular weight is 588 g/mol. The van der Waals surface area contributed by atoms with Gasteiger partial charge in [0.05, 0.1) is 6.04 Å². The van der Waals surface area contributed by atoms with E-state index in [1.165, 1.54) is 21.0 Å². The van der Waals surface area contributed by atoms with Crippen LogP contribution in [0.25, 0.3) is 22.1 Å². The van der Waals surface area contributed by atoms with Gasteiger partial charge in [-0.1, -0.05) is 24.3 Å². The summed E-state index contributed by atoms with van der Waals surface area (Å²) in [7, 11) is -4.07. The van der Waals surface area contributed by atoms with Gasteiger partial charge in [-0.3, -0.25) is 14.6 Å². The second kappa shape index (κ2) is 10.9. The van der Waals surface area contributed by atoms with Gasteiger partial charge in [-0.2, -0.15) is 17.5 Å². The number of alkyl halides is 3. The number of aryl methyl sites for hydroxylation is 1. The standard InChI is InChI=1S/C29H28F3N3O5S/c1-18(2)34-17-22(21-10-12-26(33-16-21)29(30,31)32)14-20(28(34)37)9-11-24(36)23-7-5-13-35(23)41(38,39)27-15-19-6-3-4-8-25(19)40-27/h3-4,6,8,10,12,14-18,23H,5,7,9,11,13H2,1-2H3/t23-/m0/s1. The minimum atomic E-state index is -4.58. The van der Waals surface area contributed by atoms with Crippen molar-refractivity contribution in [1.82, 2.24) is 13.9 Å². The number of Topliss-reactive ketones (excluding diaryl/α,β-unsaturated/α-hetero) is 1. The molecule has 0 radical (unpaired) electrons. The molecule has 12 heteroatoms. The van der Waals surface area contributed by atoms with Gasteiger partial charge in [-0.05, 0) is 51.3 Å². The number of hydrogen-bond donors (Lipinski definition) is 0. The normalized spacial score (nSPS) is 16.6. The highest BCUT2D eigenvalue weighted by molar-refractivity contribution is 7.89. The lowest BCUT2D eigenvalue weighted by Crippen LogP contribution is -2.40. The Morgan fingerprint density at radius 2 is 1.88 bits per heavy atom. The number of halogens is 3. The summed E-state index contributed by atoms with van der Waals surface area (Å²) in [5, 5.41) is 0.411. The monoisotopic (exact) mass is 587 g/mol. The molecule has 0 N–H and O–H groups in total. The number of aromatic nitrogens is 2. The minimum absolute atomic E-state index is 0.0430. The van der Waals surface area contributed by atoms with Crippen LogP contribution in [0.15, 0.2) is 75.2 Å². The van der Waals surface area contributed by atoms with Crippen molar-refractivity contribution in [2.75, 3.05) is 6.54 Å². The molecule has 216 valence electrons. The topological polar surface area (TPSA) is 102 Å². The molecule has 1 aromatic carbocycles.